The first-order valence-electron chi connectivity index (χ1n) is 16.8. The van der Waals surface area contributed by atoms with Crippen molar-refractivity contribution < 1.29 is 0 Å². The molecule has 0 N–H and O–H groups in total. The molecule has 0 fully saturated rings. The lowest BCUT2D eigenvalue weighted by atomic mass is 9.79. The molecule has 2 aromatic heterocycles. The standard InChI is InChI=1S/C44H32Cl2N4/c1-43(2)33-19-27(39-23-37(47-41(45)49-39)25-11-7-5-8-12-25)15-17-29(33)31-22-36-32(21-35(31)43)30-18-16-28(20-34(30)44(36,3)4)40-24-38(48-42(46)50-40)26-13-9-6-10-14-26/h5-24H,1-4H3. The Morgan fingerprint density at radius 2 is 0.700 bits per heavy atom. The second-order valence-electron chi connectivity index (χ2n) is 14.3. The van der Waals surface area contributed by atoms with Crippen molar-refractivity contribution >= 4 is 23.2 Å². The number of fused-ring (bicyclic) bond motifs is 6. The highest BCUT2D eigenvalue weighted by Gasteiger charge is 2.42. The summed E-state index contributed by atoms with van der Waals surface area (Å²) in [6, 6.07) is 42.5. The highest BCUT2D eigenvalue weighted by atomic mass is 35.5. The van der Waals surface area contributed by atoms with Crippen molar-refractivity contribution in [3.05, 3.63) is 154 Å². The van der Waals surface area contributed by atoms with E-state index in [1.54, 1.807) is 0 Å². The molecule has 9 rings (SSSR count). The van der Waals surface area contributed by atoms with E-state index < -0.39 is 0 Å². The highest BCUT2D eigenvalue weighted by molar-refractivity contribution is 6.28. The van der Waals surface area contributed by atoms with Gasteiger partial charge in [-0.3, -0.25) is 0 Å². The first-order valence-corrected chi connectivity index (χ1v) is 17.5. The predicted octanol–water partition coefficient (Wildman–Crippen LogP) is 11.9. The third-order valence-electron chi connectivity index (χ3n) is 10.6. The minimum Gasteiger partial charge on any atom is -0.218 e. The van der Waals surface area contributed by atoms with Crippen LogP contribution in [-0.4, -0.2) is 19.9 Å². The molecule has 0 saturated heterocycles. The zero-order valence-corrected chi connectivity index (χ0v) is 29.6. The van der Waals surface area contributed by atoms with E-state index in [9.17, 15) is 0 Å². The molecular weight excluding hydrogens is 655 g/mol. The van der Waals surface area contributed by atoms with Crippen LogP contribution in [-0.2, 0) is 10.8 Å². The largest absolute Gasteiger partial charge is 0.223 e. The van der Waals surface area contributed by atoms with Gasteiger partial charge in [-0.2, -0.15) is 0 Å². The van der Waals surface area contributed by atoms with Gasteiger partial charge in [-0.15, -0.1) is 0 Å². The zero-order valence-electron chi connectivity index (χ0n) is 28.1. The van der Waals surface area contributed by atoms with Gasteiger partial charge in [0.05, 0.1) is 22.8 Å². The molecule has 0 aliphatic heterocycles. The van der Waals surface area contributed by atoms with Gasteiger partial charge in [0.1, 0.15) is 0 Å². The van der Waals surface area contributed by atoms with Gasteiger partial charge in [0, 0.05) is 33.1 Å². The Morgan fingerprint density at radius 3 is 1.08 bits per heavy atom. The van der Waals surface area contributed by atoms with Crippen LogP contribution >= 0.6 is 23.2 Å². The van der Waals surface area contributed by atoms with Gasteiger partial charge in [-0.25, -0.2) is 19.9 Å². The maximum absolute atomic E-state index is 6.47. The minimum absolute atomic E-state index is 0.215. The fourth-order valence-electron chi connectivity index (χ4n) is 7.93. The molecule has 6 heteroatoms. The van der Waals surface area contributed by atoms with E-state index in [0.29, 0.717) is 0 Å². The SMILES string of the molecule is CC1(C)c2cc(-c3cc(-c4ccccc4)nc(Cl)n3)ccc2-c2cc3c(cc21)-c1ccc(-c2cc(-c4ccccc4)nc(Cl)n2)cc1C3(C)C. The Bertz CT molecular complexity index is 2330. The van der Waals surface area contributed by atoms with Gasteiger partial charge in [-0.05, 0) is 104 Å². The molecular formula is C44H32Cl2N4. The number of rotatable bonds is 4. The third-order valence-corrected chi connectivity index (χ3v) is 10.9. The maximum Gasteiger partial charge on any atom is 0.223 e. The van der Waals surface area contributed by atoms with Crippen LogP contribution in [0.3, 0.4) is 0 Å². The molecule has 0 saturated carbocycles. The number of halogens is 2. The molecule has 0 radical (unpaired) electrons. The van der Waals surface area contributed by atoms with Gasteiger partial charge >= 0.3 is 0 Å². The molecule has 0 atom stereocenters. The minimum atomic E-state index is -0.215. The summed E-state index contributed by atoms with van der Waals surface area (Å²) in [5.41, 5.74) is 17.2. The number of hydrogen-bond acceptors (Lipinski definition) is 4. The Kier molecular flexibility index (Phi) is 6.90. The molecule has 7 aromatic rings. The van der Waals surface area contributed by atoms with Crippen molar-refractivity contribution in [2.75, 3.05) is 0 Å². The summed E-state index contributed by atoms with van der Waals surface area (Å²) in [5, 5.41) is 0.480. The lowest BCUT2D eigenvalue weighted by molar-refractivity contribution is 0.652. The second kappa shape index (κ2) is 11.2. The Hall–Kier alpha value is -5.16. The molecule has 0 unspecified atom stereocenters. The lowest BCUT2D eigenvalue weighted by Gasteiger charge is -2.24. The van der Waals surface area contributed by atoms with Gasteiger partial charge in [0.15, 0.2) is 0 Å². The van der Waals surface area contributed by atoms with Crippen LogP contribution in [0.4, 0.5) is 0 Å². The smallest absolute Gasteiger partial charge is 0.218 e. The first-order chi connectivity index (χ1) is 24.1. The van der Waals surface area contributed by atoms with Gasteiger partial charge < -0.3 is 0 Å². The Morgan fingerprint density at radius 1 is 0.360 bits per heavy atom. The molecule has 2 heterocycles. The summed E-state index contributed by atoms with van der Waals surface area (Å²) >= 11 is 12.9. The molecule has 2 aliphatic carbocycles. The molecule has 0 spiro atoms. The number of hydrogen-bond donors (Lipinski definition) is 0. The first kappa shape index (κ1) is 30.9. The van der Waals surface area contributed by atoms with Crippen LogP contribution in [0.15, 0.2) is 121 Å². The third kappa shape index (κ3) is 4.81. The van der Waals surface area contributed by atoms with Gasteiger partial charge in [-0.1, -0.05) is 113 Å². The van der Waals surface area contributed by atoms with Gasteiger partial charge in [0.2, 0.25) is 10.6 Å². The van der Waals surface area contributed by atoms with E-state index in [0.717, 1.165) is 45.0 Å². The van der Waals surface area contributed by atoms with Crippen LogP contribution in [0.1, 0.15) is 49.9 Å². The van der Waals surface area contributed by atoms with E-state index in [-0.39, 0.29) is 21.4 Å². The fourth-order valence-corrected chi connectivity index (χ4v) is 8.29. The average Bonchev–Trinajstić information content (AvgIpc) is 3.49. The Balaban J connectivity index is 1.11. The quantitative estimate of drug-likeness (QED) is 0.173. The van der Waals surface area contributed by atoms with Gasteiger partial charge in [0.25, 0.3) is 0 Å². The highest BCUT2D eigenvalue weighted by Crippen LogP contribution is 2.56. The molecule has 0 amide bonds. The van der Waals surface area contributed by atoms with E-state index >= 15 is 0 Å². The van der Waals surface area contributed by atoms with Crippen molar-refractivity contribution in [2.45, 2.75) is 38.5 Å². The van der Waals surface area contributed by atoms with Crippen molar-refractivity contribution in [3.63, 3.8) is 0 Å². The number of aromatic nitrogens is 4. The van der Waals surface area contributed by atoms with E-state index in [1.807, 2.05) is 72.8 Å². The molecule has 50 heavy (non-hydrogen) atoms. The van der Waals surface area contributed by atoms with E-state index in [1.165, 1.54) is 44.5 Å². The van der Waals surface area contributed by atoms with Crippen LogP contribution in [0, 0.1) is 0 Å². The van der Waals surface area contributed by atoms with Crippen molar-refractivity contribution in [2.24, 2.45) is 0 Å². The average molecular weight is 688 g/mol. The Labute approximate surface area is 301 Å². The topological polar surface area (TPSA) is 51.6 Å². The summed E-state index contributed by atoms with van der Waals surface area (Å²) in [6.07, 6.45) is 0. The van der Waals surface area contributed by atoms with E-state index in [4.69, 9.17) is 23.2 Å². The van der Waals surface area contributed by atoms with Crippen molar-refractivity contribution in [1.29, 1.82) is 0 Å². The summed E-state index contributed by atoms with van der Waals surface area (Å²) < 4.78 is 0. The van der Waals surface area contributed by atoms with Crippen LogP contribution in [0.5, 0.6) is 0 Å². The summed E-state index contributed by atoms with van der Waals surface area (Å²) in [6.45, 7) is 9.29. The summed E-state index contributed by atoms with van der Waals surface area (Å²) in [5.74, 6) is 0. The fraction of sp³-hybridized carbons (Fsp3) is 0.136. The van der Waals surface area contributed by atoms with E-state index in [2.05, 4.69) is 96.2 Å². The second-order valence-corrected chi connectivity index (χ2v) is 14.9. The molecule has 242 valence electrons. The number of nitrogens with zero attached hydrogens (tertiary/aromatic N) is 4. The lowest BCUT2D eigenvalue weighted by Crippen LogP contribution is -2.17. The maximum atomic E-state index is 6.47. The summed E-state index contributed by atoms with van der Waals surface area (Å²) in [4.78, 5) is 18.3. The van der Waals surface area contributed by atoms with Crippen LogP contribution in [0.2, 0.25) is 10.6 Å². The zero-order chi connectivity index (χ0) is 34.4. The van der Waals surface area contributed by atoms with Crippen LogP contribution < -0.4 is 0 Å². The monoisotopic (exact) mass is 686 g/mol. The summed E-state index contributed by atoms with van der Waals surface area (Å²) in [7, 11) is 0. The van der Waals surface area contributed by atoms with Crippen molar-refractivity contribution in [1.82, 2.24) is 19.9 Å². The predicted molar refractivity (Wildman–Crippen MR) is 205 cm³/mol. The molecule has 2 aliphatic rings. The normalized spacial score (nSPS) is 14.5. The van der Waals surface area contributed by atoms with Crippen LogP contribution in [0.25, 0.3) is 67.3 Å². The molecule has 0 bridgehead atoms. The molecule has 4 nitrogen and oxygen atoms in total. The number of benzene rings is 5. The van der Waals surface area contributed by atoms with Crippen molar-refractivity contribution in [3.8, 4) is 67.3 Å². The molecule has 5 aromatic carbocycles.